The largest absolute Gasteiger partial charge is 0.477 e. The van der Waals surface area contributed by atoms with Gasteiger partial charge >= 0.3 is 5.97 Å². The molecule has 0 spiro atoms. The lowest BCUT2D eigenvalue weighted by Gasteiger charge is -2.10. The zero-order valence-electron chi connectivity index (χ0n) is 11.2. The lowest BCUT2D eigenvalue weighted by Crippen LogP contribution is -2.11. The van der Waals surface area contributed by atoms with Crippen LogP contribution in [0.3, 0.4) is 0 Å². The summed E-state index contributed by atoms with van der Waals surface area (Å²) in [4.78, 5) is 11.2. The van der Waals surface area contributed by atoms with Crippen molar-refractivity contribution in [3.8, 4) is 0 Å². The molecule has 0 atom stereocenters. The Kier molecular flexibility index (Phi) is 4.39. The first-order chi connectivity index (χ1) is 9.22. The van der Waals surface area contributed by atoms with Crippen LogP contribution in [0.2, 0.25) is 0 Å². The van der Waals surface area contributed by atoms with E-state index in [1.807, 2.05) is 28.8 Å². The number of aromatic nitrogens is 1. The maximum atomic E-state index is 11.2. The highest BCUT2D eigenvalue weighted by Gasteiger charge is 2.12. The van der Waals surface area contributed by atoms with Crippen molar-refractivity contribution >= 4 is 5.97 Å². The third-order valence-corrected chi connectivity index (χ3v) is 3.25. The van der Waals surface area contributed by atoms with Crippen molar-refractivity contribution in [2.45, 2.75) is 32.7 Å². The quantitative estimate of drug-likeness (QED) is 0.862. The van der Waals surface area contributed by atoms with Gasteiger partial charge in [0.2, 0.25) is 0 Å². The Balaban J connectivity index is 2.14. The molecule has 1 N–H and O–H groups in total. The third kappa shape index (κ3) is 3.25. The molecule has 0 aliphatic heterocycles. The first-order valence-electron chi connectivity index (χ1n) is 6.68. The van der Waals surface area contributed by atoms with E-state index in [4.69, 9.17) is 0 Å². The maximum absolute atomic E-state index is 11.2. The Morgan fingerprint density at radius 3 is 2.47 bits per heavy atom. The molecular formula is C16H19NO2. The highest BCUT2D eigenvalue weighted by molar-refractivity contribution is 5.86. The van der Waals surface area contributed by atoms with Crippen LogP contribution in [0.4, 0.5) is 0 Å². The summed E-state index contributed by atoms with van der Waals surface area (Å²) in [6.07, 6.45) is 2.75. The second-order valence-electron chi connectivity index (χ2n) is 4.65. The number of nitrogens with zero attached hydrogens (tertiary/aromatic N) is 1. The Labute approximate surface area is 113 Å². The van der Waals surface area contributed by atoms with E-state index in [2.05, 4.69) is 19.1 Å². The molecule has 19 heavy (non-hydrogen) atoms. The molecule has 2 aromatic rings. The molecule has 0 saturated carbocycles. The van der Waals surface area contributed by atoms with Crippen LogP contribution in [-0.2, 0) is 19.4 Å². The predicted molar refractivity (Wildman–Crippen MR) is 75.5 cm³/mol. The van der Waals surface area contributed by atoms with Gasteiger partial charge in [0.25, 0.3) is 0 Å². The normalized spacial score (nSPS) is 10.6. The number of carboxylic acid groups (broad SMARTS) is 1. The fourth-order valence-corrected chi connectivity index (χ4v) is 2.32. The number of benzene rings is 1. The summed E-state index contributed by atoms with van der Waals surface area (Å²) in [5, 5.41) is 9.17. The van der Waals surface area contributed by atoms with Gasteiger partial charge in [-0.05, 0) is 37.0 Å². The SMILES string of the molecule is CCCn1c(CCc2ccccc2)ccc1C(=O)O. The Bertz CT molecular complexity index is 543. The maximum Gasteiger partial charge on any atom is 0.352 e. The number of aromatic carboxylic acids is 1. The van der Waals surface area contributed by atoms with Gasteiger partial charge in [-0.25, -0.2) is 4.79 Å². The molecule has 1 aromatic heterocycles. The molecule has 0 bridgehead atoms. The van der Waals surface area contributed by atoms with Gasteiger partial charge in [-0.15, -0.1) is 0 Å². The van der Waals surface area contributed by atoms with E-state index in [1.165, 1.54) is 5.56 Å². The fraction of sp³-hybridized carbons (Fsp3) is 0.312. The Morgan fingerprint density at radius 1 is 1.11 bits per heavy atom. The van der Waals surface area contributed by atoms with E-state index in [9.17, 15) is 9.90 Å². The van der Waals surface area contributed by atoms with Crippen LogP contribution in [0, 0.1) is 0 Å². The predicted octanol–water partition coefficient (Wildman–Crippen LogP) is 3.38. The average Bonchev–Trinajstić information content (AvgIpc) is 2.81. The molecule has 0 unspecified atom stereocenters. The number of aryl methyl sites for hydroxylation is 2. The molecule has 0 aliphatic carbocycles. The highest BCUT2D eigenvalue weighted by atomic mass is 16.4. The lowest BCUT2D eigenvalue weighted by atomic mass is 10.1. The molecule has 3 heteroatoms. The summed E-state index contributed by atoms with van der Waals surface area (Å²) < 4.78 is 1.92. The van der Waals surface area contributed by atoms with Gasteiger partial charge in [-0.2, -0.15) is 0 Å². The van der Waals surface area contributed by atoms with E-state index >= 15 is 0 Å². The van der Waals surface area contributed by atoms with Crippen molar-refractivity contribution in [1.29, 1.82) is 0 Å². The molecule has 0 aliphatic rings. The molecule has 0 radical (unpaired) electrons. The minimum atomic E-state index is -0.848. The molecular weight excluding hydrogens is 238 g/mol. The van der Waals surface area contributed by atoms with Crippen LogP contribution in [0.1, 0.15) is 35.1 Å². The number of rotatable bonds is 6. The molecule has 1 heterocycles. The highest BCUT2D eigenvalue weighted by Crippen LogP contribution is 2.14. The van der Waals surface area contributed by atoms with Gasteiger partial charge in [0, 0.05) is 12.2 Å². The lowest BCUT2D eigenvalue weighted by molar-refractivity contribution is 0.0684. The zero-order chi connectivity index (χ0) is 13.7. The first-order valence-corrected chi connectivity index (χ1v) is 6.68. The van der Waals surface area contributed by atoms with E-state index in [-0.39, 0.29) is 0 Å². The first kappa shape index (κ1) is 13.4. The minimum Gasteiger partial charge on any atom is -0.477 e. The monoisotopic (exact) mass is 257 g/mol. The zero-order valence-corrected chi connectivity index (χ0v) is 11.2. The van der Waals surface area contributed by atoms with Crippen molar-refractivity contribution < 1.29 is 9.90 Å². The van der Waals surface area contributed by atoms with Crippen LogP contribution < -0.4 is 0 Å². The van der Waals surface area contributed by atoms with E-state index in [0.29, 0.717) is 5.69 Å². The van der Waals surface area contributed by atoms with Crippen molar-refractivity contribution in [3.63, 3.8) is 0 Å². The van der Waals surface area contributed by atoms with Crippen LogP contribution in [-0.4, -0.2) is 15.6 Å². The summed E-state index contributed by atoms with van der Waals surface area (Å²) in [6.45, 7) is 2.82. The van der Waals surface area contributed by atoms with Crippen LogP contribution in [0.25, 0.3) is 0 Å². The van der Waals surface area contributed by atoms with Gasteiger partial charge in [0.05, 0.1) is 0 Å². The molecule has 0 amide bonds. The second kappa shape index (κ2) is 6.23. The number of carbonyl (C=O) groups is 1. The summed E-state index contributed by atoms with van der Waals surface area (Å²) in [5.74, 6) is -0.848. The Morgan fingerprint density at radius 2 is 1.84 bits per heavy atom. The molecule has 0 saturated heterocycles. The molecule has 0 fully saturated rings. The summed E-state index contributed by atoms with van der Waals surface area (Å²) in [6, 6.07) is 13.9. The number of carboxylic acids is 1. The average molecular weight is 257 g/mol. The smallest absolute Gasteiger partial charge is 0.352 e. The summed E-state index contributed by atoms with van der Waals surface area (Å²) in [5.41, 5.74) is 2.77. The van der Waals surface area contributed by atoms with Crippen LogP contribution in [0.15, 0.2) is 42.5 Å². The summed E-state index contributed by atoms with van der Waals surface area (Å²) in [7, 11) is 0. The van der Waals surface area contributed by atoms with E-state index < -0.39 is 5.97 Å². The number of hydrogen-bond acceptors (Lipinski definition) is 1. The van der Waals surface area contributed by atoms with Gasteiger partial charge in [0.15, 0.2) is 0 Å². The number of hydrogen-bond donors (Lipinski definition) is 1. The topological polar surface area (TPSA) is 42.2 Å². The standard InChI is InChI=1S/C16H19NO2/c1-2-12-17-14(10-11-15(17)16(18)19)9-8-13-6-4-3-5-7-13/h3-7,10-11H,2,8-9,12H2,1H3,(H,18,19). The second-order valence-corrected chi connectivity index (χ2v) is 4.65. The van der Waals surface area contributed by atoms with Crippen molar-refractivity contribution in [2.24, 2.45) is 0 Å². The van der Waals surface area contributed by atoms with Gasteiger partial charge in [-0.1, -0.05) is 37.3 Å². The van der Waals surface area contributed by atoms with Gasteiger partial charge < -0.3 is 9.67 Å². The van der Waals surface area contributed by atoms with Gasteiger partial charge in [-0.3, -0.25) is 0 Å². The molecule has 2 rings (SSSR count). The van der Waals surface area contributed by atoms with Gasteiger partial charge in [0.1, 0.15) is 5.69 Å². The Hall–Kier alpha value is -2.03. The fourth-order valence-electron chi connectivity index (χ4n) is 2.32. The van der Waals surface area contributed by atoms with E-state index in [0.717, 1.165) is 31.5 Å². The van der Waals surface area contributed by atoms with E-state index in [1.54, 1.807) is 6.07 Å². The minimum absolute atomic E-state index is 0.393. The molecule has 3 nitrogen and oxygen atoms in total. The summed E-state index contributed by atoms with van der Waals surface area (Å²) >= 11 is 0. The third-order valence-electron chi connectivity index (χ3n) is 3.25. The molecule has 100 valence electrons. The molecule has 1 aromatic carbocycles. The van der Waals surface area contributed by atoms with Crippen molar-refractivity contribution in [1.82, 2.24) is 4.57 Å². The van der Waals surface area contributed by atoms with Crippen LogP contribution in [0.5, 0.6) is 0 Å². The van der Waals surface area contributed by atoms with Crippen molar-refractivity contribution in [3.05, 3.63) is 59.4 Å². The van der Waals surface area contributed by atoms with Crippen LogP contribution >= 0.6 is 0 Å². The van der Waals surface area contributed by atoms with Crippen molar-refractivity contribution in [2.75, 3.05) is 0 Å².